The Balaban J connectivity index is 2.04. The first-order valence-electron chi connectivity index (χ1n) is 5.60. The van der Waals surface area contributed by atoms with E-state index in [2.05, 4.69) is 4.98 Å². The molecule has 6 heteroatoms. The molecule has 0 saturated heterocycles. The van der Waals surface area contributed by atoms with Crippen molar-refractivity contribution < 1.29 is 19.0 Å². The number of aromatic nitrogens is 2. The fraction of sp³-hybridized carbons (Fsp3) is 0.231. The Morgan fingerprint density at radius 2 is 1.79 bits per heavy atom. The summed E-state index contributed by atoms with van der Waals surface area (Å²) in [4.78, 5) is 15.5. The molecule has 2 rings (SSSR count). The Morgan fingerprint density at radius 1 is 1.16 bits per heavy atom. The average Bonchev–Trinajstić information content (AvgIpc) is 2.98. The van der Waals surface area contributed by atoms with Gasteiger partial charge in [-0.2, -0.15) is 0 Å². The molecule has 19 heavy (non-hydrogen) atoms. The van der Waals surface area contributed by atoms with E-state index in [0.29, 0.717) is 17.2 Å². The van der Waals surface area contributed by atoms with Crippen LogP contribution in [0.2, 0.25) is 0 Å². The highest BCUT2D eigenvalue weighted by Gasteiger charge is 2.07. The zero-order valence-corrected chi connectivity index (χ0v) is 10.7. The topological polar surface area (TPSA) is 62.6 Å². The summed E-state index contributed by atoms with van der Waals surface area (Å²) >= 11 is 0. The predicted octanol–water partition coefficient (Wildman–Crippen LogP) is 1.62. The van der Waals surface area contributed by atoms with Crippen LogP contribution in [0.5, 0.6) is 17.2 Å². The fourth-order valence-corrected chi connectivity index (χ4v) is 1.49. The van der Waals surface area contributed by atoms with Gasteiger partial charge in [0.1, 0.15) is 23.6 Å². The molecule has 0 aliphatic rings. The van der Waals surface area contributed by atoms with Crippen molar-refractivity contribution in [1.29, 1.82) is 0 Å². The molecule has 0 atom stereocenters. The number of nitrogens with zero attached hydrogens (tertiary/aromatic N) is 2. The third-order valence-corrected chi connectivity index (χ3v) is 2.48. The van der Waals surface area contributed by atoms with Crippen LogP contribution in [-0.4, -0.2) is 36.3 Å². The van der Waals surface area contributed by atoms with Crippen LogP contribution in [0, 0.1) is 0 Å². The minimum absolute atomic E-state index is 0.0906. The fourth-order valence-electron chi connectivity index (χ4n) is 1.49. The molecule has 0 bridgehead atoms. The molecule has 0 fully saturated rings. The number of carbonyl (C=O) groups excluding carboxylic acids is 1. The first kappa shape index (κ1) is 12.9. The largest absolute Gasteiger partial charge is 0.496 e. The minimum atomic E-state index is -0.209. The van der Waals surface area contributed by atoms with E-state index in [1.54, 1.807) is 38.6 Å². The first-order chi connectivity index (χ1) is 9.22. The van der Waals surface area contributed by atoms with E-state index in [0.717, 1.165) is 0 Å². The van der Waals surface area contributed by atoms with Crippen molar-refractivity contribution in [2.75, 3.05) is 20.8 Å². The summed E-state index contributed by atoms with van der Waals surface area (Å²) in [5, 5.41) is 0. The van der Waals surface area contributed by atoms with Gasteiger partial charge in [0.2, 0.25) is 0 Å². The molecule has 1 aromatic heterocycles. The van der Waals surface area contributed by atoms with Crippen LogP contribution in [-0.2, 0) is 0 Å². The number of hydrogen-bond acceptors (Lipinski definition) is 5. The molecule has 0 aliphatic heterocycles. The number of methoxy groups -OCH3 is 2. The lowest BCUT2D eigenvalue weighted by molar-refractivity contribution is 0.0837. The quantitative estimate of drug-likeness (QED) is 0.819. The first-order valence-corrected chi connectivity index (χ1v) is 5.60. The third kappa shape index (κ3) is 3.25. The van der Waals surface area contributed by atoms with E-state index in [1.165, 1.54) is 17.1 Å². The van der Waals surface area contributed by atoms with Crippen molar-refractivity contribution in [3.63, 3.8) is 0 Å². The molecule has 0 radical (unpaired) electrons. The van der Waals surface area contributed by atoms with Crippen molar-refractivity contribution in [3.8, 4) is 17.2 Å². The Morgan fingerprint density at radius 3 is 2.32 bits per heavy atom. The maximum Gasteiger partial charge on any atom is 0.269 e. The monoisotopic (exact) mass is 262 g/mol. The van der Waals surface area contributed by atoms with Crippen LogP contribution < -0.4 is 14.2 Å². The van der Waals surface area contributed by atoms with Gasteiger partial charge < -0.3 is 14.2 Å². The summed E-state index contributed by atoms with van der Waals surface area (Å²) in [6, 6.07) is 5.10. The lowest BCUT2D eigenvalue weighted by Crippen LogP contribution is -2.17. The zero-order valence-electron chi connectivity index (χ0n) is 10.7. The van der Waals surface area contributed by atoms with Gasteiger partial charge in [0.05, 0.1) is 14.2 Å². The van der Waals surface area contributed by atoms with Gasteiger partial charge in [0.15, 0.2) is 6.61 Å². The van der Waals surface area contributed by atoms with Crippen molar-refractivity contribution in [2.24, 2.45) is 0 Å². The molecule has 0 spiro atoms. The maximum absolute atomic E-state index is 11.7. The third-order valence-electron chi connectivity index (χ3n) is 2.48. The lowest BCUT2D eigenvalue weighted by atomic mass is 10.3. The number of benzene rings is 1. The number of carbonyl (C=O) groups is 1. The minimum Gasteiger partial charge on any atom is -0.496 e. The second kappa shape index (κ2) is 5.90. The molecule has 100 valence electrons. The molecular formula is C13H14N2O4. The maximum atomic E-state index is 11.7. The number of ether oxygens (including phenoxy) is 3. The molecule has 1 aromatic carbocycles. The van der Waals surface area contributed by atoms with Gasteiger partial charge in [0, 0.05) is 30.6 Å². The van der Waals surface area contributed by atoms with E-state index < -0.39 is 0 Å². The normalized spacial score (nSPS) is 10.0. The summed E-state index contributed by atoms with van der Waals surface area (Å²) in [5.74, 6) is 1.50. The van der Waals surface area contributed by atoms with Gasteiger partial charge in [-0.05, 0) is 0 Å². The second-order valence-electron chi connectivity index (χ2n) is 3.70. The molecule has 0 saturated carbocycles. The van der Waals surface area contributed by atoms with E-state index in [4.69, 9.17) is 14.2 Å². The Labute approximate surface area is 110 Å². The van der Waals surface area contributed by atoms with Gasteiger partial charge in [0.25, 0.3) is 5.91 Å². The van der Waals surface area contributed by atoms with Gasteiger partial charge in [-0.25, -0.2) is 4.98 Å². The molecule has 0 unspecified atom stereocenters. The van der Waals surface area contributed by atoms with Crippen LogP contribution >= 0.6 is 0 Å². The van der Waals surface area contributed by atoms with Crippen LogP contribution in [0.25, 0.3) is 0 Å². The van der Waals surface area contributed by atoms with Gasteiger partial charge in [-0.1, -0.05) is 0 Å². The highest BCUT2D eigenvalue weighted by molar-refractivity contribution is 5.80. The molecule has 0 aliphatic carbocycles. The summed E-state index contributed by atoms with van der Waals surface area (Å²) in [7, 11) is 3.10. The number of hydrogen-bond donors (Lipinski definition) is 0. The van der Waals surface area contributed by atoms with E-state index in [-0.39, 0.29) is 12.5 Å². The van der Waals surface area contributed by atoms with E-state index >= 15 is 0 Å². The predicted molar refractivity (Wildman–Crippen MR) is 67.9 cm³/mol. The SMILES string of the molecule is COc1cc(OC)cc(OCC(=O)n2ccnc2)c1. The van der Waals surface area contributed by atoms with Gasteiger partial charge >= 0.3 is 0 Å². The van der Waals surface area contributed by atoms with Crippen LogP contribution in [0.1, 0.15) is 4.79 Å². The molecule has 2 aromatic rings. The van der Waals surface area contributed by atoms with Crippen molar-refractivity contribution >= 4 is 5.91 Å². The smallest absolute Gasteiger partial charge is 0.269 e. The molecule has 1 heterocycles. The van der Waals surface area contributed by atoms with Crippen molar-refractivity contribution in [1.82, 2.24) is 9.55 Å². The average molecular weight is 262 g/mol. The lowest BCUT2D eigenvalue weighted by Gasteiger charge is -2.09. The van der Waals surface area contributed by atoms with E-state index in [1.807, 2.05) is 0 Å². The molecular weight excluding hydrogens is 248 g/mol. The van der Waals surface area contributed by atoms with Crippen LogP contribution in [0.4, 0.5) is 0 Å². The zero-order chi connectivity index (χ0) is 13.7. The van der Waals surface area contributed by atoms with Gasteiger partial charge in [-0.15, -0.1) is 0 Å². The standard InChI is InChI=1S/C13H14N2O4/c1-17-10-5-11(18-2)7-12(6-10)19-8-13(16)15-4-3-14-9-15/h3-7,9H,8H2,1-2H3. The number of rotatable bonds is 5. The summed E-state index contributed by atoms with van der Waals surface area (Å²) in [5.41, 5.74) is 0. The molecule has 0 amide bonds. The van der Waals surface area contributed by atoms with Crippen molar-refractivity contribution in [2.45, 2.75) is 0 Å². The number of imidazole rings is 1. The Bertz CT molecular complexity index is 530. The van der Waals surface area contributed by atoms with Crippen LogP contribution in [0.15, 0.2) is 36.9 Å². The summed E-state index contributed by atoms with van der Waals surface area (Å²) < 4.78 is 17.0. The second-order valence-corrected chi connectivity index (χ2v) is 3.70. The van der Waals surface area contributed by atoms with Crippen LogP contribution in [0.3, 0.4) is 0 Å². The van der Waals surface area contributed by atoms with E-state index in [9.17, 15) is 4.79 Å². The van der Waals surface area contributed by atoms with Gasteiger partial charge in [-0.3, -0.25) is 9.36 Å². The molecule has 0 N–H and O–H groups in total. The highest BCUT2D eigenvalue weighted by Crippen LogP contribution is 2.27. The Kier molecular flexibility index (Phi) is 4.02. The Hall–Kier alpha value is -2.50. The van der Waals surface area contributed by atoms with Crippen molar-refractivity contribution in [3.05, 3.63) is 36.9 Å². The molecule has 6 nitrogen and oxygen atoms in total. The summed E-state index contributed by atoms with van der Waals surface area (Å²) in [6.07, 6.45) is 4.53. The highest BCUT2D eigenvalue weighted by atomic mass is 16.5. The summed E-state index contributed by atoms with van der Waals surface area (Å²) in [6.45, 7) is -0.0906.